The fourth-order valence-electron chi connectivity index (χ4n) is 8.40. The molecule has 4 aliphatic carbocycles. The van der Waals surface area contributed by atoms with Crippen LogP contribution in [0.2, 0.25) is 0 Å². The number of alkyl halides is 1. The second-order valence-corrected chi connectivity index (χ2v) is 12.6. The SMILES string of the molecule is CC(=O)O[C@H]1CCC2C3C(CC[C@@]21C)C1CCC(=O)C=C1C[C@H]3CCCCCCCCCBr. The summed E-state index contributed by atoms with van der Waals surface area (Å²) >= 11 is 3.53. The highest BCUT2D eigenvalue weighted by atomic mass is 79.9. The maximum absolute atomic E-state index is 12.2. The molecule has 4 aliphatic rings. The smallest absolute Gasteiger partial charge is 0.302 e. The molecular formula is C29H45BrO3. The highest BCUT2D eigenvalue weighted by Gasteiger charge is 2.59. The van der Waals surface area contributed by atoms with Crippen molar-refractivity contribution >= 4 is 27.7 Å². The lowest BCUT2D eigenvalue weighted by atomic mass is 9.49. The number of rotatable bonds is 10. The molecule has 0 saturated heterocycles. The molecule has 3 nitrogen and oxygen atoms in total. The van der Waals surface area contributed by atoms with Crippen LogP contribution in [-0.4, -0.2) is 23.2 Å². The van der Waals surface area contributed by atoms with E-state index in [-0.39, 0.29) is 17.5 Å². The highest BCUT2D eigenvalue weighted by molar-refractivity contribution is 9.09. The van der Waals surface area contributed by atoms with E-state index < -0.39 is 0 Å². The lowest BCUT2D eigenvalue weighted by Crippen LogP contribution is -2.51. The molecule has 0 aromatic carbocycles. The van der Waals surface area contributed by atoms with E-state index in [2.05, 4.69) is 22.9 Å². The van der Waals surface area contributed by atoms with Crippen LogP contribution in [0.1, 0.15) is 110 Å². The molecule has 7 atom stereocenters. The van der Waals surface area contributed by atoms with E-state index in [4.69, 9.17) is 4.74 Å². The first-order valence-corrected chi connectivity index (χ1v) is 15.0. The zero-order valence-corrected chi connectivity index (χ0v) is 22.5. The average molecular weight is 522 g/mol. The zero-order chi connectivity index (χ0) is 23.4. The molecule has 3 saturated carbocycles. The summed E-state index contributed by atoms with van der Waals surface area (Å²) in [5, 5.41) is 1.13. The van der Waals surface area contributed by atoms with Gasteiger partial charge in [-0.1, -0.05) is 67.0 Å². The first kappa shape index (κ1) is 25.5. The van der Waals surface area contributed by atoms with Crippen molar-refractivity contribution in [3.63, 3.8) is 0 Å². The van der Waals surface area contributed by atoms with Gasteiger partial charge in [-0.25, -0.2) is 0 Å². The van der Waals surface area contributed by atoms with Gasteiger partial charge in [-0.15, -0.1) is 0 Å². The normalized spacial score (nSPS) is 37.7. The number of ether oxygens (including phenoxy) is 1. The second kappa shape index (κ2) is 11.4. The van der Waals surface area contributed by atoms with Gasteiger partial charge >= 0.3 is 5.97 Å². The Kier molecular flexibility index (Phi) is 8.79. The standard InChI is InChI=1S/C29H45BrO3/c1-20(31)33-27-14-13-26-28-21(10-8-6-4-3-5-7-9-17-30)18-22-19-23(32)11-12-24(22)25(28)15-16-29(26,27)2/h19,21,24-28H,3-18H2,1-2H3/t21-,24?,25?,26?,27+,28?,29+/m1/s1. The molecular weight excluding hydrogens is 476 g/mol. The van der Waals surface area contributed by atoms with Crippen molar-refractivity contribution < 1.29 is 14.3 Å². The lowest BCUT2D eigenvalue weighted by Gasteiger charge is -2.56. The Bertz CT molecular complexity index is 730. The topological polar surface area (TPSA) is 43.4 Å². The van der Waals surface area contributed by atoms with Gasteiger partial charge in [0, 0.05) is 24.1 Å². The molecule has 0 amide bonds. The molecule has 0 aromatic heterocycles. The van der Waals surface area contributed by atoms with E-state index in [1.54, 1.807) is 6.92 Å². The summed E-state index contributed by atoms with van der Waals surface area (Å²) in [5.41, 5.74) is 1.64. The highest BCUT2D eigenvalue weighted by Crippen LogP contribution is 2.64. The number of carbonyl (C=O) groups excluding carboxylic acids is 2. The Labute approximate surface area is 210 Å². The number of carbonyl (C=O) groups is 2. The number of ketones is 1. The Morgan fingerprint density at radius 2 is 1.79 bits per heavy atom. The van der Waals surface area contributed by atoms with Crippen LogP contribution in [0.15, 0.2) is 11.6 Å². The first-order valence-electron chi connectivity index (χ1n) is 13.9. The fraction of sp³-hybridized carbons (Fsp3) is 0.862. The largest absolute Gasteiger partial charge is 0.462 e. The van der Waals surface area contributed by atoms with Crippen molar-refractivity contribution in [1.29, 1.82) is 0 Å². The Hall–Kier alpha value is -0.640. The van der Waals surface area contributed by atoms with Crippen LogP contribution in [0.5, 0.6) is 0 Å². The van der Waals surface area contributed by atoms with Gasteiger partial charge in [0.05, 0.1) is 0 Å². The van der Waals surface area contributed by atoms with Gasteiger partial charge in [-0.2, -0.15) is 0 Å². The third-order valence-electron chi connectivity index (χ3n) is 9.90. The second-order valence-electron chi connectivity index (χ2n) is 11.8. The van der Waals surface area contributed by atoms with Gasteiger partial charge in [0.25, 0.3) is 0 Å². The van der Waals surface area contributed by atoms with Gasteiger partial charge in [0.15, 0.2) is 5.78 Å². The number of unbranched alkanes of at least 4 members (excludes halogenated alkanes) is 6. The molecule has 0 radical (unpaired) electrons. The Morgan fingerprint density at radius 3 is 2.52 bits per heavy atom. The van der Waals surface area contributed by atoms with Crippen LogP contribution in [0.25, 0.3) is 0 Å². The summed E-state index contributed by atoms with van der Waals surface area (Å²) in [6, 6.07) is 0. The molecule has 0 heterocycles. The van der Waals surface area contributed by atoms with Gasteiger partial charge < -0.3 is 4.74 Å². The Morgan fingerprint density at radius 1 is 1.06 bits per heavy atom. The number of hydrogen-bond acceptors (Lipinski definition) is 3. The lowest BCUT2D eigenvalue weighted by molar-refractivity contribution is -0.157. The number of esters is 1. The van der Waals surface area contributed by atoms with Crippen LogP contribution >= 0.6 is 15.9 Å². The quantitative estimate of drug-likeness (QED) is 0.167. The van der Waals surface area contributed by atoms with Crippen molar-refractivity contribution in [2.24, 2.45) is 35.0 Å². The molecule has 33 heavy (non-hydrogen) atoms. The van der Waals surface area contributed by atoms with Crippen molar-refractivity contribution in [3.05, 3.63) is 11.6 Å². The molecule has 4 heteroatoms. The number of hydrogen-bond donors (Lipinski definition) is 0. The monoisotopic (exact) mass is 520 g/mol. The zero-order valence-electron chi connectivity index (χ0n) is 21.0. The van der Waals surface area contributed by atoms with Gasteiger partial charge in [-0.3, -0.25) is 9.59 Å². The van der Waals surface area contributed by atoms with Crippen LogP contribution in [-0.2, 0) is 14.3 Å². The van der Waals surface area contributed by atoms with Crippen molar-refractivity contribution in [2.75, 3.05) is 5.33 Å². The summed E-state index contributed by atoms with van der Waals surface area (Å²) in [6.45, 7) is 4.00. The fourth-order valence-corrected chi connectivity index (χ4v) is 8.80. The number of halogens is 1. The van der Waals surface area contributed by atoms with E-state index in [1.165, 1.54) is 76.2 Å². The van der Waals surface area contributed by atoms with Crippen LogP contribution < -0.4 is 0 Å². The van der Waals surface area contributed by atoms with E-state index in [1.807, 2.05) is 6.08 Å². The Balaban J connectivity index is 1.44. The minimum atomic E-state index is -0.115. The van der Waals surface area contributed by atoms with Gasteiger partial charge in [-0.05, 0) is 87.0 Å². The molecule has 0 N–H and O–H groups in total. The number of fused-ring (bicyclic) bond motifs is 5. The molecule has 0 bridgehead atoms. The molecule has 186 valence electrons. The summed E-state index contributed by atoms with van der Waals surface area (Å²) in [5.74, 6) is 3.75. The predicted octanol–water partition coefficient (Wildman–Crippen LogP) is 7.80. The van der Waals surface area contributed by atoms with E-state index in [0.29, 0.717) is 23.5 Å². The summed E-state index contributed by atoms with van der Waals surface area (Å²) in [4.78, 5) is 24.0. The molecule has 4 rings (SSSR count). The molecule has 0 aliphatic heterocycles. The third-order valence-corrected chi connectivity index (χ3v) is 10.5. The van der Waals surface area contributed by atoms with Crippen molar-refractivity contribution in [3.8, 4) is 0 Å². The van der Waals surface area contributed by atoms with Crippen molar-refractivity contribution in [1.82, 2.24) is 0 Å². The molecule has 3 fully saturated rings. The molecule has 4 unspecified atom stereocenters. The van der Waals surface area contributed by atoms with Gasteiger partial charge in [0.2, 0.25) is 0 Å². The maximum Gasteiger partial charge on any atom is 0.302 e. The van der Waals surface area contributed by atoms with Crippen molar-refractivity contribution in [2.45, 2.75) is 116 Å². The van der Waals surface area contributed by atoms with E-state index >= 15 is 0 Å². The molecule has 0 spiro atoms. The maximum atomic E-state index is 12.2. The van der Waals surface area contributed by atoms with Gasteiger partial charge in [0.1, 0.15) is 6.10 Å². The van der Waals surface area contributed by atoms with E-state index in [0.717, 1.165) is 42.8 Å². The minimum absolute atomic E-state index is 0.103. The van der Waals surface area contributed by atoms with E-state index in [9.17, 15) is 9.59 Å². The third kappa shape index (κ3) is 5.62. The summed E-state index contributed by atoms with van der Waals surface area (Å²) in [7, 11) is 0. The van der Waals surface area contributed by atoms with Crippen LogP contribution in [0.4, 0.5) is 0 Å². The average Bonchev–Trinajstić information content (AvgIpc) is 3.10. The predicted molar refractivity (Wildman–Crippen MR) is 137 cm³/mol. The number of allylic oxidation sites excluding steroid dienone is 1. The summed E-state index contributed by atoms with van der Waals surface area (Å²) < 4.78 is 5.87. The minimum Gasteiger partial charge on any atom is -0.462 e. The van der Waals surface area contributed by atoms with Crippen LogP contribution in [0.3, 0.4) is 0 Å². The first-order chi connectivity index (χ1) is 15.9. The molecule has 0 aromatic rings. The van der Waals surface area contributed by atoms with Crippen LogP contribution in [0, 0.1) is 35.0 Å². The summed E-state index contributed by atoms with van der Waals surface area (Å²) in [6.07, 6.45) is 20.5.